The topological polar surface area (TPSA) is 29.1 Å². The van der Waals surface area contributed by atoms with Gasteiger partial charge in [0.1, 0.15) is 19.0 Å². The predicted molar refractivity (Wildman–Crippen MR) is 83.9 cm³/mol. The monoisotopic (exact) mass is 277 g/mol. The summed E-state index contributed by atoms with van der Waals surface area (Å²) in [6.45, 7) is 4.55. The third-order valence-corrected chi connectivity index (χ3v) is 3.58. The second-order valence-electron chi connectivity index (χ2n) is 5.41. The normalized spacial score (nSPS) is 10.8. The van der Waals surface area contributed by atoms with E-state index < -0.39 is 0 Å². The van der Waals surface area contributed by atoms with E-state index in [4.69, 9.17) is 4.74 Å². The number of aryl methyl sites for hydroxylation is 2. The van der Waals surface area contributed by atoms with Crippen molar-refractivity contribution < 1.29 is 9.84 Å². The molecule has 113 valence electrons. The van der Waals surface area contributed by atoms with Crippen molar-refractivity contribution in [3.63, 3.8) is 0 Å². The van der Waals surface area contributed by atoms with Gasteiger partial charge >= 0.3 is 0 Å². The molecule has 0 amide bonds. The van der Waals surface area contributed by atoms with Crippen molar-refractivity contribution in [1.82, 2.24) is 0 Å². The van der Waals surface area contributed by atoms with Crippen molar-refractivity contribution in [3.05, 3.63) is 29.3 Å². The first-order chi connectivity index (χ1) is 9.81. The molecule has 0 atom stereocenters. The fourth-order valence-electron chi connectivity index (χ4n) is 2.42. The van der Waals surface area contributed by atoms with Crippen LogP contribution >= 0.6 is 0 Å². The maximum absolute atomic E-state index is 10.6. The van der Waals surface area contributed by atoms with Crippen molar-refractivity contribution in [2.45, 2.75) is 65.2 Å². The Morgan fingerprint density at radius 2 is 1.65 bits per heavy atom. The van der Waals surface area contributed by atoms with Crippen LogP contribution in [0.1, 0.15) is 63.5 Å². The summed E-state index contributed by atoms with van der Waals surface area (Å²) in [6.07, 6.45) is 9.69. The first-order valence-corrected chi connectivity index (χ1v) is 8.14. The van der Waals surface area contributed by atoms with Crippen LogP contribution in [0, 0.1) is 0 Å². The summed E-state index contributed by atoms with van der Waals surface area (Å²) in [5, 5.41) is 10.6. The van der Waals surface area contributed by atoms with Crippen LogP contribution in [0.4, 0.5) is 0 Å². The van der Waals surface area contributed by atoms with E-state index in [-0.39, 0.29) is 13.2 Å². The van der Waals surface area contributed by atoms with Gasteiger partial charge in [0.25, 0.3) is 0 Å². The standard InChI is InChI=1S/C18H29O2/c1-3-5-7-9-16-11-12-18(20-14-13-19)17(15-16)10-8-6-4-2/h11-12,15H,3-10,13-14H2,1-2H3. The Hall–Kier alpha value is -1.02. The minimum absolute atomic E-state index is 0.174. The number of hydrogen-bond donors (Lipinski definition) is 0. The summed E-state index contributed by atoms with van der Waals surface area (Å²) < 4.78 is 5.59. The third-order valence-electron chi connectivity index (χ3n) is 3.58. The lowest BCUT2D eigenvalue weighted by atomic mass is 10.0. The van der Waals surface area contributed by atoms with E-state index in [1.165, 1.54) is 49.7 Å². The molecule has 1 rings (SSSR count). The van der Waals surface area contributed by atoms with Crippen LogP contribution in [-0.4, -0.2) is 13.2 Å². The van der Waals surface area contributed by atoms with E-state index in [0.29, 0.717) is 0 Å². The van der Waals surface area contributed by atoms with E-state index in [0.717, 1.165) is 18.6 Å². The molecule has 0 N–H and O–H groups in total. The van der Waals surface area contributed by atoms with E-state index in [9.17, 15) is 5.11 Å². The molecule has 20 heavy (non-hydrogen) atoms. The zero-order chi connectivity index (χ0) is 14.6. The summed E-state index contributed by atoms with van der Waals surface area (Å²) in [6, 6.07) is 6.49. The molecule has 0 bridgehead atoms. The van der Waals surface area contributed by atoms with Crippen molar-refractivity contribution >= 4 is 0 Å². The van der Waals surface area contributed by atoms with Gasteiger partial charge < -0.3 is 4.74 Å². The van der Waals surface area contributed by atoms with E-state index in [1.807, 2.05) is 0 Å². The first-order valence-electron chi connectivity index (χ1n) is 8.14. The Labute approximate surface area is 124 Å². The highest BCUT2D eigenvalue weighted by atomic mass is 16.5. The average Bonchev–Trinajstić information content (AvgIpc) is 2.47. The lowest BCUT2D eigenvalue weighted by Crippen LogP contribution is -2.04. The van der Waals surface area contributed by atoms with Crippen molar-refractivity contribution in [2.75, 3.05) is 13.2 Å². The molecule has 1 aromatic carbocycles. The zero-order valence-corrected chi connectivity index (χ0v) is 13.1. The maximum Gasteiger partial charge on any atom is 0.122 e. The summed E-state index contributed by atoms with van der Waals surface area (Å²) >= 11 is 0. The van der Waals surface area contributed by atoms with Gasteiger partial charge in [-0.05, 0) is 42.9 Å². The van der Waals surface area contributed by atoms with E-state index in [2.05, 4.69) is 32.0 Å². The van der Waals surface area contributed by atoms with Crippen LogP contribution in [0.15, 0.2) is 18.2 Å². The molecule has 0 aliphatic carbocycles. The van der Waals surface area contributed by atoms with Gasteiger partial charge in [-0.15, -0.1) is 0 Å². The van der Waals surface area contributed by atoms with Gasteiger partial charge in [0.15, 0.2) is 0 Å². The van der Waals surface area contributed by atoms with Gasteiger partial charge in [0.2, 0.25) is 0 Å². The summed E-state index contributed by atoms with van der Waals surface area (Å²) in [4.78, 5) is 0. The van der Waals surface area contributed by atoms with Crippen LogP contribution in [0.25, 0.3) is 0 Å². The van der Waals surface area contributed by atoms with Crippen LogP contribution in [0.5, 0.6) is 5.75 Å². The second-order valence-corrected chi connectivity index (χ2v) is 5.41. The lowest BCUT2D eigenvalue weighted by molar-refractivity contribution is 0.137. The smallest absolute Gasteiger partial charge is 0.122 e. The van der Waals surface area contributed by atoms with Crippen LogP contribution in [-0.2, 0) is 17.9 Å². The highest BCUT2D eigenvalue weighted by Gasteiger charge is 2.06. The largest absolute Gasteiger partial charge is 0.491 e. The van der Waals surface area contributed by atoms with Gasteiger partial charge in [0.05, 0.1) is 0 Å². The molecule has 0 fully saturated rings. The molecule has 1 aromatic rings. The van der Waals surface area contributed by atoms with Crippen molar-refractivity contribution in [3.8, 4) is 5.75 Å². The summed E-state index contributed by atoms with van der Waals surface area (Å²) in [7, 11) is 0. The average molecular weight is 277 g/mol. The zero-order valence-electron chi connectivity index (χ0n) is 13.1. The summed E-state index contributed by atoms with van der Waals surface area (Å²) in [5.74, 6) is 0.913. The number of rotatable bonds is 11. The third kappa shape index (κ3) is 6.42. The molecule has 0 spiro atoms. The molecule has 0 aliphatic heterocycles. The first kappa shape index (κ1) is 17.0. The van der Waals surface area contributed by atoms with Gasteiger partial charge in [-0.2, -0.15) is 0 Å². The van der Waals surface area contributed by atoms with E-state index in [1.54, 1.807) is 0 Å². The molecular formula is C18H29O2. The van der Waals surface area contributed by atoms with Crippen molar-refractivity contribution in [1.29, 1.82) is 0 Å². The van der Waals surface area contributed by atoms with Crippen molar-refractivity contribution in [2.24, 2.45) is 0 Å². The Morgan fingerprint density at radius 1 is 0.950 bits per heavy atom. The van der Waals surface area contributed by atoms with Crippen LogP contribution in [0.3, 0.4) is 0 Å². The molecule has 0 unspecified atom stereocenters. The molecule has 0 saturated carbocycles. The molecule has 0 heterocycles. The molecule has 2 nitrogen and oxygen atoms in total. The number of unbranched alkanes of at least 4 members (excludes halogenated alkanes) is 4. The van der Waals surface area contributed by atoms with E-state index >= 15 is 0 Å². The Bertz CT molecular complexity index is 360. The Morgan fingerprint density at radius 3 is 2.30 bits per heavy atom. The quantitative estimate of drug-likeness (QED) is 0.525. The number of benzene rings is 1. The fourth-order valence-corrected chi connectivity index (χ4v) is 2.42. The lowest BCUT2D eigenvalue weighted by Gasteiger charge is -2.12. The van der Waals surface area contributed by atoms with Crippen LogP contribution < -0.4 is 4.74 Å². The number of ether oxygens (including phenoxy) is 1. The van der Waals surface area contributed by atoms with Gasteiger partial charge in [-0.3, -0.25) is 0 Å². The molecule has 0 saturated heterocycles. The minimum Gasteiger partial charge on any atom is -0.491 e. The van der Waals surface area contributed by atoms with Gasteiger partial charge in [-0.1, -0.05) is 51.7 Å². The highest BCUT2D eigenvalue weighted by molar-refractivity contribution is 5.37. The van der Waals surface area contributed by atoms with Gasteiger partial charge in [0, 0.05) is 0 Å². The fraction of sp³-hybridized carbons (Fsp3) is 0.667. The SMILES string of the molecule is CCCCCc1ccc(OCC[O])c(CCCCC)c1. The molecular weight excluding hydrogens is 248 g/mol. The summed E-state index contributed by atoms with van der Waals surface area (Å²) in [5.41, 5.74) is 2.68. The minimum atomic E-state index is -0.174. The Balaban J connectivity index is 2.67. The van der Waals surface area contributed by atoms with Crippen LogP contribution in [0.2, 0.25) is 0 Å². The molecule has 0 aromatic heterocycles. The molecule has 2 heteroatoms. The van der Waals surface area contributed by atoms with Gasteiger partial charge in [-0.25, -0.2) is 5.11 Å². The molecule has 1 radical (unpaired) electrons. The maximum atomic E-state index is 10.6. The molecule has 0 aliphatic rings. The second kappa shape index (κ2) is 10.7. The highest BCUT2D eigenvalue weighted by Crippen LogP contribution is 2.23. The predicted octanol–water partition coefficient (Wildman–Crippen LogP) is 4.96. The number of hydrogen-bond acceptors (Lipinski definition) is 1. The Kier molecular flexibility index (Phi) is 9.14.